The van der Waals surface area contributed by atoms with E-state index in [4.69, 9.17) is 9.47 Å². The van der Waals surface area contributed by atoms with E-state index in [1.165, 1.54) is 4.90 Å². The molecule has 0 radical (unpaired) electrons. The summed E-state index contributed by atoms with van der Waals surface area (Å²) in [7, 11) is 0. The molecule has 1 fully saturated rings. The van der Waals surface area contributed by atoms with Crippen LogP contribution in [0.25, 0.3) is 5.76 Å². The molecule has 2 aromatic rings. The van der Waals surface area contributed by atoms with Crippen molar-refractivity contribution >= 4 is 33.4 Å². The maximum atomic E-state index is 13.0. The molecule has 170 valence electrons. The molecule has 0 aromatic heterocycles. The van der Waals surface area contributed by atoms with Crippen LogP contribution in [-0.4, -0.2) is 47.6 Å². The standard InChI is InChI=1S/C25H28BrNO5/c1-4-31-20-12-8-17(9-13-20)22-21(23(28)18-6-10-19(26)11-7-18)24(29)25(30)27(22)14-5-15-32-16(2)3/h6-13,16,22,28H,4-5,14-15H2,1-3H3/t22-/m1/s1. The highest BCUT2D eigenvalue weighted by Crippen LogP contribution is 2.40. The van der Waals surface area contributed by atoms with E-state index in [0.717, 1.165) is 10.0 Å². The van der Waals surface area contributed by atoms with Crippen molar-refractivity contribution in [2.45, 2.75) is 39.3 Å². The highest BCUT2D eigenvalue weighted by Gasteiger charge is 2.45. The van der Waals surface area contributed by atoms with Crippen LogP contribution in [0.2, 0.25) is 0 Å². The van der Waals surface area contributed by atoms with Gasteiger partial charge in [-0.1, -0.05) is 40.2 Å². The third-order valence-corrected chi connectivity index (χ3v) is 5.69. The maximum Gasteiger partial charge on any atom is 0.295 e. The molecule has 0 spiro atoms. The fourth-order valence-corrected chi connectivity index (χ4v) is 3.95. The number of aliphatic hydroxyl groups excluding tert-OH is 1. The summed E-state index contributed by atoms with van der Waals surface area (Å²) in [6.45, 7) is 7.15. The lowest BCUT2D eigenvalue weighted by molar-refractivity contribution is -0.140. The number of benzene rings is 2. The second-order valence-corrected chi connectivity index (χ2v) is 8.69. The number of halogens is 1. The Morgan fingerprint density at radius 3 is 2.34 bits per heavy atom. The molecule has 0 bridgehead atoms. The van der Waals surface area contributed by atoms with Crippen LogP contribution in [0.15, 0.2) is 58.6 Å². The van der Waals surface area contributed by atoms with Crippen molar-refractivity contribution in [1.82, 2.24) is 4.90 Å². The number of amides is 1. The summed E-state index contributed by atoms with van der Waals surface area (Å²) >= 11 is 3.37. The van der Waals surface area contributed by atoms with Crippen molar-refractivity contribution in [1.29, 1.82) is 0 Å². The Morgan fingerprint density at radius 1 is 1.09 bits per heavy atom. The van der Waals surface area contributed by atoms with Crippen LogP contribution in [0.5, 0.6) is 5.75 Å². The van der Waals surface area contributed by atoms with Crippen LogP contribution in [0.1, 0.15) is 44.4 Å². The van der Waals surface area contributed by atoms with Crippen LogP contribution in [0.4, 0.5) is 0 Å². The van der Waals surface area contributed by atoms with E-state index in [-0.39, 0.29) is 17.4 Å². The summed E-state index contributed by atoms with van der Waals surface area (Å²) in [6.07, 6.45) is 0.668. The predicted molar refractivity (Wildman–Crippen MR) is 126 cm³/mol. The minimum absolute atomic E-state index is 0.0877. The van der Waals surface area contributed by atoms with Crippen molar-refractivity contribution in [3.05, 3.63) is 69.7 Å². The first-order chi connectivity index (χ1) is 15.3. The second-order valence-electron chi connectivity index (χ2n) is 7.77. The molecule has 0 aliphatic carbocycles. The minimum Gasteiger partial charge on any atom is -0.507 e. The Morgan fingerprint density at radius 2 is 1.75 bits per heavy atom. The minimum atomic E-state index is -0.687. The van der Waals surface area contributed by atoms with Crippen molar-refractivity contribution in [3.8, 4) is 5.75 Å². The van der Waals surface area contributed by atoms with Gasteiger partial charge in [0.25, 0.3) is 11.7 Å². The molecule has 1 amide bonds. The zero-order valence-electron chi connectivity index (χ0n) is 18.5. The Labute approximate surface area is 197 Å². The van der Waals surface area contributed by atoms with Gasteiger partial charge < -0.3 is 19.5 Å². The number of aliphatic hydroxyl groups is 1. The summed E-state index contributed by atoms with van der Waals surface area (Å²) in [5, 5.41) is 11.0. The number of Topliss-reactive ketones (excluding diaryl/α,β-unsaturated/α-hetero) is 1. The van der Waals surface area contributed by atoms with Crippen LogP contribution in [0, 0.1) is 0 Å². The number of rotatable bonds is 9. The number of carbonyl (C=O) groups excluding carboxylic acids is 2. The van der Waals surface area contributed by atoms with Crippen molar-refractivity contribution in [2.24, 2.45) is 0 Å². The van der Waals surface area contributed by atoms with E-state index in [0.29, 0.717) is 37.5 Å². The lowest BCUT2D eigenvalue weighted by Crippen LogP contribution is -2.31. The summed E-state index contributed by atoms with van der Waals surface area (Å²) in [4.78, 5) is 27.5. The zero-order chi connectivity index (χ0) is 23.3. The van der Waals surface area contributed by atoms with E-state index in [9.17, 15) is 14.7 Å². The van der Waals surface area contributed by atoms with Gasteiger partial charge in [-0.2, -0.15) is 0 Å². The lowest BCUT2D eigenvalue weighted by Gasteiger charge is -2.25. The number of nitrogens with zero attached hydrogens (tertiary/aromatic N) is 1. The molecule has 1 heterocycles. The molecule has 7 heteroatoms. The number of hydrogen-bond donors (Lipinski definition) is 1. The van der Waals surface area contributed by atoms with Crippen LogP contribution in [-0.2, 0) is 14.3 Å². The quantitative estimate of drug-likeness (QED) is 0.224. The van der Waals surface area contributed by atoms with Gasteiger partial charge in [-0.25, -0.2) is 0 Å². The molecule has 2 aromatic carbocycles. The fraction of sp³-hybridized carbons (Fsp3) is 0.360. The average molecular weight is 502 g/mol. The van der Waals surface area contributed by atoms with E-state index >= 15 is 0 Å². The highest BCUT2D eigenvalue weighted by atomic mass is 79.9. The van der Waals surface area contributed by atoms with E-state index in [2.05, 4.69) is 15.9 Å². The molecule has 1 N–H and O–H groups in total. The molecule has 1 aliphatic rings. The maximum absolute atomic E-state index is 13.0. The largest absolute Gasteiger partial charge is 0.507 e. The topological polar surface area (TPSA) is 76.1 Å². The Balaban J connectivity index is 2.01. The molecular formula is C25H28BrNO5. The second kappa shape index (κ2) is 10.8. The molecule has 32 heavy (non-hydrogen) atoms. The monoisotopic (exact) mass is 501 g/mol. The van der Waals surface area contributed by atoms with Crippen LogP contribution < -0.4 is 4.74 Å². The molecule has 1 aliphatic heterocycles. The van der Waals surface area contributed by atoms with E-state index < -0.39 is 17.7 Å². The van der Waals surface area contributed by atoms with Gasteiger partial charge >= 0.3 is 0 Å². The van der Waals surface area contributed by atoms with Gasteiger partial charge in [-0.15, -0.1) is 0 Å². The van der Waals surface area contributed by atoms with Gasteiger partial charge in [0.15, 0.2) is 0 Å². The van der Waals surface area contributed by atoms with Gasteiger partial charge in [0.05, 0.1) is 24.3 Å². The molecule has 3 rings (SSSR count). The SMILES string of the molecule is CCOc1ccc([C@@H]2C(=C(O)c3ccc(Br)cc3)C(=O)C(=O)N2CCCOC(C)C)cc1. The van der Waals surface area contributed by atoms with Gasteiger partial charge in [0, 0.05) is 23.2 Å². The number of hydrogen-bond acceptors (Lipinski definition) is 5. The molecule has 0 unspecified atom stereocenters. The lowest BCUT2D eigenvalue weighted by atomic mass is 9.95. The number of ketones is 1. The first kappa shape index (κ1) is 24.0. The number of carbonyl (C=O) groups is 2. The normalized spacial score (nSPS) is 17.9. The molecular weight excluding hydrogens is 474 g/mol. The summed E-state index contributed by atoms with van der Waals surface area (Å²) < 4.78 is 12.0. The molecule has 1 saturated heterocycles. The third kappa shape index (κ3) is 5.40. The Kier molecular flexibility index (Phi) is 8.10. The summed E-state index contributed by atoms with van der Waals surface area (Å²) in [5.41, 5.74) is 1.30. The van der Waals surface area contributed by atoms with Crippen LogP contribution >= 0.6 is 15.9 Å². The molecule has 0 saturated carbocycles. The predicted octanol–water partition coefficient (Wildman–Crippen LogP) is 5.08. The number of likely N-dealkylation sites (tertiary alicyclic amines) is 1. The average Bonchev–Trinajstić information content (AvgIpc) is 3.02. The molecule has 1 atom stereocenters. The van der Waals surface area contributed by atoms with Crippen molar-refractivity contribution in [3.63, 3.8) is 0 Å². The van der Waals surface area contributed by atoms with Gasteiger partial charge in [0.1, 0.15) is 11.5 Å². The van der Waals surface area contributed by atoms with E-state index in [1.807, 2.05) is 32.9 Å². The van der Waals surface area contributed by atoms with Crippen molar-refractivity contribution < 1.29 is 24.2 Å². The summed E-state index contributed by atoms with van der Waals surface area (Å²) in [5.74, 6) is -0.789. The fourth-order valence-electron chi connectivity index (χ4n) is 3.69. The first-order valence-electron chi connectivity index (χ1n) is 10.7. The Hall–Kier alpha value is -2.64. The number of ether oxygens (including phenoxy) is 2. The summed E-state index contributed by atoms with van der Waals surface area (Å²) in [6, 6.07) is 13.6. The third-order valence-electron chi connectivity index (χ3n) is 5.16. The van der Waals surface area contributed by atoms with Crippen molar-refractivity contribution in [2.75, 3.05) is 19.8 Å². The smallest absolute Gasteiger partial charge is 0.295 e. The highest BCUT2D eigenvalue weighted by molar-refractivity contribution is 9.10. The Bertz CT molecular complexity index is 982. The van der Waals surface area contributed by atoms with Gasteiger partial charge in [0.2, 0.25) is 0 Å². The van der Waals surface area contributed by atoms with Gasteiger partial charge in [-0.3, -0.25) is 9.59 Å². The first-order valence-corrected chi connectivity index (χ1v) is 11.5. The van der Waals surface area contributed by atoms with Crippen LogP contribution in [0.3, 0.4) is 0 Å². The van der Waals surface area contributed by atoms with E-state index in [1.54, 1.807) is 36.4 Å². The van der Waals surface area contributed by atoms with Gasteiger partial charge in [-0.05, 0) is 57.0 Å². The molecule has 6 nitrogen and oxygen atoms in total. The zero-order valence-corrected chi connectivity index (χ0v) is 20.1.